The maximum Gasteiger partial charge on any atom is 0.182 e. The zero-order chi connectivity index (χ0) is 17.1. The third kappa shape index (κ3) is 3.62. The highest BCUT2D eigenvalue weighted by molar-refractivity contribution is 5.82. The molecule has 3 heterocycles. The molecule has 1 aromatic carbocycles. The van der Waals surface area contributed by atoms with Crippen molar-refractivity contribution in [3.63, 3.8) is 0 Å². The highest BCUT2D eigenvalue weighted by atomic mass is 16.5. The fourth-order valence-corrected chi connectivity index (χ4v) is 3.20. The molecule has 1 saturated heterocycles. The number of anilines is 1. The maximum absolute atomic E-state index is 6.00. The van der Waals surface area contributed by atoms with Gasteiger partial charge in [0.1, 0.15) is 11.8 Å². The van der Waals surface area contributed by atoms with E-state index in [1.165, 1.54) is 11.9 Å². The van der Waals surface area contributed by atoms with Crippen LogP contribution in [-0.4, -0.2) is 56.7 Å². The molecule has 1 aliphatic heterocycles. The van der Waals surface area contributed by atoms with Crippen LogP contribution in [0.4, 0.5) is 5.82 Å². The lowest BCUT2D eigenvalue weighted by Crippen LogP contribution is -2.48. The number of imidazole rings is 1. The third-order valence-corrected chi connectivity index (χ3v) is 4.57. The summed E-state index contributed by atoms with van der Waals surface area (Å²) >= 11 is 0. The Balaban J connectivity index is 1.41. The summed E-state index contributed by atoms with van der Waals surface area (Å²) < 4.78 is 6.00. The minimum atomic E-state index is 0.102. The average Bonchev–Trinajstić information content (AvgIpc) is 3.13. The zero-order valence-corrected chi connectivity index (χ0v) is 14.2. The standard InChI is InChI=1S/C18H22N6O/c1-13(23-18-16-17(20-11-19-16)21-12-22-18)15-10-24(7-8-25-15)9-14-5-3-2-4-6-14/h2-6,11-13,15H,7-10H2,1H3,(H2,19,20,21,22,23)/t13-,15+/m0/s1. The number of ether oxygens (including phenoxy) is 1. The third-order valence-electron chi connectivity index (χ3n) is 4.57. The Bertz CT molecular complexity index is 821. The van der Waals surface area contributed by atoms with Gasteiger partial charge in [0, 0.05) is 19.6 Å². The van der Waals surface area contributed by atoms with Crippen molar-refractivity contribution < 1.29 is 4.74 Å². The maximum atomic E-state index is 6.00. The number of H-pyrrole nitrogens is 1. The first-order chi connectivity index (χ1) is 12.3. The highest BCUT2D eigenvalue weighted by Gasteiger charge is 2.26. The van der Waals surface area contributed by atoms with Gasteiger partial charge < -0.3 is 15.0 Å². The van der Waals surface area contributed by atoms with Crippen LogP contribution in [0.3, 0.4) is 0 Å². The van der Waals surface area contributed by atoms with Gasteiger partial charge in [-0.15, -0.1) is 0 Å². The van der Waals surface area contributed by atoms with E-state index in [1.54, 1.807) is 6.33 Å². The van der Waals surface area contributed by atoms with Crippen molar-refractivity contribution in [1.82, 2.24) is 24.8 Å². The molecule has 0 spiro atoms. The van der Waals surface area contributed by atoms with Crippen LogP contribution in [0.2, 0.25) is 0 Å². The molecule has 0 aliphatic carbocycles. The smallest absolute Gasteiger partial charge is 0.182 e. The lowest BCUT2D eigenvalue weighted by molar-refractivity contribution is -0.0374. The van der Waals surface area contributed by atoms with Crippen molar-refractivity contribution in [2.45, 2.75) is 25.6 Å². The lowest BCUT2D eigenvalue weighted by Gasteiger charge is -2.36. The van der Waals surface area contributed by atoms with Crippen LogP contribution in [-0.2, 0) is 11.3 Å². The van der Waals surface area contributed by atoms with E-state index in [1.807, 2.05) is 0 Å². The van der Waals surface area contributed by atoms with E-state index in [0.717, 1.165) is 37.6 Å². The van der Waals surface area contributed by atoms with E-state index >= 15 is 0 Å². The van der Waals surface area contributed by atoms with Crippen molar-refractivity contribution in [1.29, 1.82) is 0 Å². The molecule has 25 heavy (non-hydrogen) atoms. The van der Waals surface area contributed by atoms with Gasteiger partial charge in [-0.05, 0) is 12.5 Å². The Kier molecular flexibility index (Phi) is 4.58. The van der Waals surface area contributed by atoms with Crippen molar-refractivity contribution in [2.24, 2.45) is 0 Å². The molecule has 2 N–H and O–H groups in total. The van der Waals surface area contributed by atoms with E-state index in [9.17, 15) is 0 Å². The number of morpholine rings is 1. The van der Waals surface area contributed by atoms with Gasteiger partial charge in [-0.2, -0.15) is 0 Å². The topological polar surface area (TPSA) is 79.0 Å². The Morgan fingerprint density at radius 3 is 3.04 bits per heavy atom. The average molecular weight is 338 g/mol. The zero-order valence-electron chi connectivity index (χ0n) is 14.2. The molecule has 0 saturated carbocycles. The van der Waals surface area contributed by atoms with Crippen molar-refractivity contribution in [2.75, 3.05) is 25.0 Å². The molecule has 4 rings (SSSR count). The number of aromatic nitrogens is 4. The van der Waals surface area contributed by atoms with Gasteiger partial charge in [0.15, 0.2) is 11.5 Å². The van der Waals surface area contributed by atoms with Crippen LogP contribution in [0.5, 0.6) is 0 Å². The molecule has 2 aromatic heterocycles. The summed E-state index contributed by atoms with van der Waals surface area (Å²) in [6.45, 7) is 5.66. The highest BCUT2D eigenvalue weighted by Crippen LogP contribution is 2.19. The number of nitrogens with zero attached hydrogens (tertiary/aromatic N) is 4. The molecule has 1 fully saturated rings. The van der Waals surface area contributed by atoms with Crippen LogP contribution >= 0.6 is 0 Å². The molecule has 1 aliphatic rings. The predicted octanol–water partition coefficient (Wildman–Crippen LogP) is 2.05. The lowest BCUT2D eigenvalue weighted by atomic mass is 10.1. The number of rotatable bonds is 5. The second kappa shape index (κ2) is 7.16. The van der Waals surface area contributed by atoms with Gasteiger partial charge >= 0.3 is 0 Å². The number of hydrogen-bond donors (Lipinski definition) is 2. The molecule has 3 aromatic rings. The summed E-state index contributed by atoms with van der Waals surface area (Å²) in [6.07, 6.45) is 3.26. The second-order valence-electron chi connectivity index (χ2n) is 6.39. The monoisotopic (exact) mass is 338 g/mol. The first kappa shape index (κ1) is 16.0. The Morgan fingerprint density at radius 1 is 1.28 bits per heavy atom. The fourth-order valence-electron chi connectivity index (χ4n) is 3.20. The Hall–Kier alpha value is -2.51. The van der Waals surface area contributed by atoms with Gasteiger partial charge in [-0.25, -0.2) is 15.0 Å². The summed E-state index contributed by atoms with van der Waals surface area (Å²) in [5, 5.41) is 3.45. The summed E-state index contributed by atoms with van der Waals surface area (Å²) in [7, 11) is 0. The molecule has 7 heteroatoms. The minimum Gasteiger partial charge on any atom is -0.373 e. The second-order valence-corrected chi connectivity index (χ2v) is 6.39. The van der Waals surface area contributed by atoms with Crippen molar-refractivity contribution in [3.8, 4) is 0 Å². The summed E-state index contributed by atoms with van der Waals surface area (Å²) in [5.74, 6) is 0.763. The van der Waals surface area contributed by atoms with E-state index in [2.05, 4.69) is 67.4 Å². The molecule has 7 nitrogen and oxygen atoms in total. The summed E-state index contributed by atoms with van der Waals surface area (Å²) in [5.41, 5.74) is 2.82. The number of aromatic amines is 1. The Morgan fingerprint density at radius 2 is 2.16 bits per heavy atom. The number of hydrogen-bond acceptors (Lipinski definition) is 6. The van der Waals surface area contributed by atoms with E-state index in [-0.39, 0.29) is 12.1 Å². The van der Waals surface area contributed by atoms with Gasteiger partial charge in [-0.3, -0.25) is 4.90 Å². The molecular formula is C18H22N6O. The first-order valence-electron chi connectivity index (χ1n) is 8.58. The van der Waals surface area contributed by atoms with Gasteiger partial charge in [0.25, 0.3) is 0 Å². The number of benzene rings is 1. The van der Waals surface area contributed by atoms with Crippen LogP contribution in [0.15, 0.2) is 43.0 Å². The molecule has 0 radical (unpaired) electrons. The number of fused-ring (bicyclic) bond motifs is 1. The van der Waals surface area contributed by atoms with E-state index < -0.39 is 0 Å². The molecule has 2 atom stereocenters. The van der Waals surface area contributed by atoms with Crippen LogP contribution in [0.1, 0.15) is 12.5 Å². The van der Waals surface area contributed by atoms with Crippen LogP contribution in [0.25, 0.3) is 11.2 Å². The van der Waals surface area contributed by atoms with Gasteiger partial charge in [0.2, 0.25) is 0 Å². The molecular weight excluding hydrogens is 316 g/mol. The van der Waals surface area contributed by atoms with Crippen molar-refractivity contribution >= 4 is 17.0 Å². The fraction of sp³-hybridized carbons (Fsp3) is 0.389. The first-order valence-corrected chi connectivity index (χ1v) is 8.58. The van der Waals surface area contributed by atoms with Crippen molar-refractivity contribution in [3.05, 3.63) is 48.5 Å². The predicted molar refractivity (Wildman–Crippen MR) is 96.2 cm³/mol. The molecule has 0 bridgehead atoms. The molecule has 130 valence electrons. The molecule has 0 unspecified atom stereocenters. The van der Waals surface area contributed by atoms with Crippen LogP contribution < -0.4 is 5.32 Å². The molecule has 0 amide bonds. The van der Waals surface area contributed by atoms with E-state index in [0.29, 0.717) is 5.65 Å². The van der Waals surface area contributed by atoms with Crippen LogP contribution in [0, 0.1) is 0 Å². The summed E-state index contributed by atoms with van der Waals surface area (Å²) in [6, 6.07) is 10.7. The minimum absolute atomic E-state index is 0.102. The number of nitrogens with one attached hydrogen (secondary N) is 2. The largest absolute Gasteiger partial charge is 0.373 e. The quantitative estimate of drug-likeness (QED) is 0.741. The van der Waals surface area contributed by atoms with Gasteiger partial charge in [-0.1, -0.05) is 30.3 Å². The normalized spacial score (nSPS) is 19.8. The summed E-state index contributed by atoms with van der Waals surface area (Å²) in [4.78, 5) is 18.2. The van der Waals surface area contributed by atoms with E-state index in [4.69, 9.17) is 4.74 Å². The SMILES string of the molecule is C[C@H](Nc1ncnc2nc[nH]c12)[C@H]1CN(Cc2ccccc2)CCO1. The van der Waals surface area contributed by atoms with Gasteiger partial charge in [0.05, 0.1) is 25.1 Å². The Labute approximate surface area is 146 Å².